The highest BCUT2D eigenvalue weighted by molar-refractivity contribution is 9.10. The van der Waals surface area contributed by atoms with Crippen LogP contribution in [0.2, 0.25) is 0 Å². The lowest BCUT2D eigenvalue weighted by Crippen LogP contribution is -2.26. The zero-order valence-electron chi connectivity index (χ0n) is 15.3. The number of rotatable bonds is 7. The molecule has 0 aliphatic carbocycles. The summed E-state index contributed by atoms with van der Waals surface area (Å²) in [5.74, 6) is 0.726. The lowest BCUT2D eigenvalue weighted by atomic mass is 10.1. The summed E-state index contributed by atoms with van der Waals surface area (Å²) in [5, 5.41) is 0. The standard InChI is InChI=1S/C23H22BrNO2/c1-25(17-19-10-6-3-7-11-19)23(26)20-12-13-22(21(24)16-20)27-15-14-18-8-4-2-5-9-18/h2-13,16H,14-15,17H2,1H3. The predicted molar refractivity (Wildman–Crippen MR) is 112 cm³/mol. The van der Waals surface area contributed by atoms with Crippen LogP contribution in [0.5, 0.6) is 5.75 Å². The molecular weight excluding hydrogens is 402 g/mol. The Bertz CT molecular complexity index is 881. The number of hydrogen-bond acceptors (Lipinski definition) is 2. The number of halogens is 1. The van der Waals surface area contributed by atoms with Crippen LogP contribution in [0.4, 0.5) is 0 Å². The Morgan fingerprint density at radius 2 is 1.56 bits per heavy atom. The molecule has 0 unspecified atom stereocenters. The van der Waals surface area contributed by atoms with Crippen molar-refractivity contribution >= 4 is 21.8 Å². The van der Waals surface area contributed by atoms with Crippen LogP contribution in [0.3, 0.4) is 0 Å². The third-order valence-electron chi connectivity index (χ3n) is 4.28. The molecule has 0 bridgehead atoms. The summed E-state index contributed by atoms with van der Waals surface area (Å²) in [6.07, 6.45) is 0.841. The zero-order valence-corrected chi connectivity index (χ0v) is 16.9. The molecule has 3 rings (SSSR count). The molecule has 138 valence electrons. The topological polar surface area (TPSA) is 29.5 Å². The minimum atomic E-state index is -0.0182. The molecule has 1 amide bonds. The maximum absolute atomic E-state index is 12.7. The molecule has 0 heterocycles. The number of hydrogen-bond donors (Lipinski definition) is 0. The molecule has 3 nitrogen and oxygen atoms in total. The number of ether oxygens (including phenoxy) is 1. The normalized spacial score (nSPS) is 10.4. The summed E-state index contributed by atoms with van der Waals surface area (Å²) in [6, 6.07) is 25.7. The van der Waals surface area contributed by atoms with Crippen molar-refractivity contribution in [3.8, 4) is 5.75 Å². The van der Waals surface area contributed by atoms with E-state index in [2.05, 4.69) is 28.1 Å². The van der Waals surface area contributed by atoms with Crippen LogP contribution in [0, 0.1) is 0 Å². The number of carbonyl (C=O) groups excluding carboxylic acids is 1. The first-order chi connectivity index (χ1) is 13.1. The average molecular weight is 424 g/mol. The highest BCUT2D eigenvalue weighted by Crippen LogP contribution is 2.27. The van der Waals surface area contributed by atoms with E-state index in [0.29, 0.717) is 18.7 Å². The molecule has 0 atom stereocenters. The van der Waals surface area contributed by atoms with E-state index >= 15 is 0 Å². The van der Waals surface area contributed by atoms with E-state index in [1.165, 1.54) is 5.56 Å². The highest BCUT2D eigenvalue weighted by Gasteiger charge is 2.14. The molecule has 0 N–H and O–H groups in total. The Hall–Kier alpha value is -2.59. The third kappa shape index (κ3) is 5.44. The van der Waals surface area contributed by atoms with Crippen LogP contribution in [0.15, 0.2) is 83.3 Å². The fraction of sp³-hybridized carbons (Fsp3) is 0.174. The largest absolute Gasteiger partial charge is 0.492 e. The van der Waals surface area contributed by atoms with Crippen molar-refractivity contribution in [3.05, 3.63) is 100 Å². The van der Waals surface area contributed by atoms with Gasteiger partial charge >= 0.3 is 0 Å². The predicted octanol–water partition coefficient (Wildman–Crippen LogP) is 5.34. The minimum Gasteiger partial charge on any atom is -0.492 e. The SMILES string of the molecule is CN(Cc1ccccc1)C(=O)c1ccc(OCCc2ccccc2)c(Br)c1. The van der Waals surface area contributed by atoms with Gasteiger partial charge in [0.1, 0.15) is 5.75 Å². The second kappa shape index (κ2) is 9.38. The maximum atomic E-state index is 12.7. The smallest absolute Gasteiger partial charge is 0.253 e. The monoisotopic (exact) mass is 423 g/mol. The van der Waals surface area contributed by atoms with Gasteiger partial charge in [0.05, 0.1) is 11.1 Å². The molecule has 0 fully saturated rings. The first-order valence-corrected chi connectivity index (χ1v) is 9.68. The van der Waals surface area contributed by atoms with E-state index in [4.69, 9.17) is 4.74 Å². The number of carbonyl (C=O) groups is 1. The van der Waals surface area contributed by atoms with Crippen molar-refractivity contribution in [2.75, 3.05) is 13.7 Å². The second-order valence-corrected chi connectivity index (χ2v) is 7.23. The second-order valence-electron chi connectivity index (χ2n) is 6.38. The van der Waals surface area contributed by atoms with Crippen LogP contribution in [0.1, 0.15) is 21.5 Å². The quantitative estimate of drug-likeness (QED) is 0.512. The molecule has 0 aliphatic heterocycles. The van der Waals surface area contributed by atoms with Crippen molar-refractivity contribution < 1.29 is 9.53 Å². The Kier molecular flexibility index (Phi) is 6.66. The Balaban J connectivity index is 1.59. The van der Waals surface area contributed by atoms with E-state index in [9.17, 15) is 4.79 Å². The zero-order chi connectivity index (χ0) is 19.1. The van der Waals surface area contributed by atoms with Gasteiger partial charge in [-0.25, -0.2) is 0 Å². The van der Waals surface area contributed by atoms with Gasteiger partial charge in [-0.3, -0.25) is 4.79 Å². The van der Waals surface area contributed by atoms with E-state index in [1.807, 2.05) is 73.8 Å². The summed E-state index contributed by atoms with van der Waals surface area (Å²) >= 11 is 3.52. The van der Waals surface area contributed by atoms with Gasteiger partial charge in [0.15, 0.2) is 0 Å². The first kappa shape index (κ1) is 19.2. The lowest BCUT2D eigenvalue weighted by Gasteiger charge is -2.18. The molecule has 0 saturated carbocycles. The summed E-state index contributed by atoms with van der Waals surface area (Å²) < 4.78 is 6.65. The molecule has 3 aromatic carbocycles. The Morgan fingerprint density at radius 3 is 2.19 bits per heavy atom. The minimum absolute atomic E-state index is 0.0182. The lowest BCUT2D eigenvalue weighted by molar-refractivity contribution is 0.0785. The van der Waals surface area contributed by atoms with Gasteiger partial charge < -0.3 is 9.64 Å². The van der Waals surface area contributed by atoms with Gasteiger partial charge in [0, 0.05) is 25.6 Å². The summed E-state index contributed by atoms with van der Waals surface area (Å²) in [6.45, 7) is 1.16. The van der Waals surface area contributed by atoms with Crippen LogP contribution < -0.4 is 4.74 Å². The summed E-state index contributed by atoms with van der Waals surface area (Å²) in [5.41, 5.74) is 2.98. The molecule has 0 aromatic heterocycles. The number of benzene rings is 3. The van der Waals surface area contributed by atoms with E-state index in [1.54, 1.807) is 4.90 Å². The van der Waals surface area contributed by atoms with Gasteiger partial charge in [-0.15, -0.1) is 0 Å². The van der Waals surface area contributed by atoms with Crippen molar-refractivity contribution in [3.63, 3.8) is 0 Å². The summed E-state index contributed by atoms with van der Waals surface area (Å²) in [7, 11) is 1.81. The van der Waals surface area contributed by atoms with Crippen molar-refractivity contribution in [1.82, 2.24) is 4.90 Å². The first-order valence-electron chi connectivity index (χ1n) is 8.89. The Morgan fingerprint density at radius 1 is 0.926 bits per heavy atom. The highest BCUT2D eigenvalue weighted by atomic mass is 79.9. The van der Waals surface area contributed by atoms with Gasteiger partial charge in [0.25, 0.3) is 5.91 Å². The molecule has 27 heavy (non-hydrogen) atoms. The fourth-order valence-electron chi connectivity index (χ4n) is 2.82. The van der Waals surface area contributed by atoms with Crippen molar-refractivity contribution in [1.29, 1.82) is 0 Å². The van der Waals surface area contributed by atoms with E-state index in [-0.39, 0.29) is 5.91 Å². The number of nitrogens with zero attached hydrogens (tertiary/aromatic N) is 1. The van der Waals surface area contributed by atoms with Gasteiger partial charge in [0.2, 0.25) is 0 Å². The molecule has 3 aromatic rings. The summed E-state index contributed by atoms with van der Waals surface area (Å²) in [4.78, 5) is 14.4. The molecule has 0 saturated heterocycles. The molecule has 0 spiro atoms. The molecule has 4 heteroatoms. The molecular formula is C23H22BrNO2. The fourth-order valence-corrected chi connectivity index (χ4v) is 3.32. The maximum Gasteiger partial charge on any atom is 0.253 e. The molecule has 0 radical (unpaired) electrons. The van der Waals surface area contributed by atoms with E-state index < -0.39 is 0 Å². The number of amides is 1. The van der Waals surface area contributed by atoms with Crippen LogP contribution in [-0.2, 0) is 13.0 Å². The Labute approximate surface area is 168 Å². The van der Waals surface area contributed by atoms with Crippen molar-refractivity contribution in [2.45, 2.75) is 13.0 Å². The van der Waals surface area contributed by atoms with Gasteiger partial charge in [-0.2, -0.15) is 0 Å². The van der Waals surface area contributed by atoms with Crippen LogP contribution >= 0.6 is 15.9 Å². The van der Waals surface area contributed by atoms with E-state index in [0.717, 1.165) is 22.2 Å². The average Bonchev–Trinajstić information content (AvgIpc) is 2.70. The van der Waals surface area contributed by atoms with Crippen LogP contribution in [-0.4, -0.2) is 24.5 Å². The van der Waals surface area contributed by atoms with Crippen LogP contribution in [0.25, 0.3) is 0 Å². The van der Waals surface area contributed by atoms with Gasteiger partial charge in [-0.1, -0.05) is 60.7 Å². The molecule has 0 aliphatic rings. The van der Waals surface area contributed by atoms with Crippen molar-refractivity contribution in [2.24, 2.45) is 0 Å². The van der Waals surface area contributed by atoms with Gasteiger partial charge in [-0.05, 0) is 45.3 Å². The third-order valence-corrected chi connectivity index (χ3v) is 4.90.